The molecule has 29 heavy (non-hydrogen) atoms. The highest BCUT2D eigenvalue weighted by molar-refractivity contribution is 5.89. The average molecular weight is 390 g/mol. The van der Waals surface area contributed by atoms with Crippen LogP contribution in [-0.4, -0.2) is 15.9 Å². The lowest BCUT2D eigenvalue weighted by molar-refractivity contribution is -0.114. The van der Waals surface area contributed by atoms with Crippen molar-refractivity contribution < 1.29 is 4.79 Å². The summed E-state index contributed by atoms with van der Waals surface area (Å²) >= 11 is 0. The monoisotopic (exact) mass is 389 g/mol. The molecule has 2 aromatic carbocycles. The van der Waals surface area contributed by atoms with Crippen molar-refractivity contribution in [2.75, 3.05) is 16.0 Å². The molecule has 0 bridgehead atoms. The fraction of sp³-hybridized carbons (Fsp3) is 0.261. The molecule has 0 spiro atoms. The van der Waals surface area contributed by atoms with E-state index in [1.165, 1.54) is 18.1 Å². The summed E-state index contributed by atoms with van der Waals surface area (Å²) in [5, 5.41) is 9.48. The Morgan fingerprint density at radius 1 is 0.931 bits per heavy atom. The minimum atomic E-state index is -0.111. The second-order valence-electron chi connectivity index (χ2n) is 7.42. The minimum absolute atomic E-state index is 0.111. The Balaban J connectivity index is 1.87. The summed E-state index contributed by atoms with van der Waals surface area (Å²) < 4.78 is 0. The van der Waals surface area contributed by atoms with Gasteiger partial charge in [-0.1, -0.05) is 38.1 Å². The van der Waals surface area contributed by atoms with Crippen LogP contribution in [-0.2, 0) is 4.79 Å². The summed E-state index contributed by atoms with van der Waals surface area (Å²) in [6.45, 7) is 9.88. The maximum atomic E-state index is 11.3. The summed E-state index contributed by atoms with van der Waals surface area (Å²) in [4.78, 5) is 20.4. The van der Waals surface area contributed by atoms with E-state index in [1.54, 1.807) is 0 Å². The fourth-order valence-electron chi connectivity index (χ4n) is 3.17. The van der Waals surface area contributed by atoms with E-state index in [2.05, 4.69) is 64.9 Å². The molecule has 0 saturated heterocycles. The number of amides is 1. The number of aromatic nitrogens is 2. The van der Waals surface area contributed by atoms with Crippen molar-refractivity contribution in [2.24, 2.45) is 0 Å². The van der Waals surface area contributed by atoms with Gasteiger partial charge in [-0.05, 0) is 49.1 Å². The van der Waals surface area contributed by atoms with Crippen molar-refractivity contribution in [2.45, 2.75) is 40.5 Å². The second-order valence-corrected chi connectivity index (χ2v) is 7.42. The fourth-order valence-corrected chi connectivity index (χ4v) is 3.17. The van der Waals surface area contributed by atoms with Gasteiger partial charge in [-0.25, -0.2) is 4.98 Å². The molecule has 0 aliphatic carbocycles. The zero-order valence-corrected chi connectivity index (χ0v) is 17.5. The number of rotatable bonds is 6. The van der Waals surface area contributed by atoms with Crippen LogP contribution in [0.4, 0.5) is 28.8 Å². The smallest absolute Gasteiger partial charge is 0.229 e. The van der Waals surface area contributed by atoms with Crippen molar-refractivity contribution in [3.63, 3.8) is 0 Å². The number of hydrogen-bond donors (Lipinski definition) is 3. The topological polar surface area (TPSA) is 78.9 Å². The number of para-hydroxylation sites is 1. The Morgan fingerprint density at radius 3 is 2.38 bits per heavy atom. The lowest BCUT2D eigenvalue weighted by atomic mass is 9.98. The predicted molar refractivity (Wildman–Crippen MR) is 119 cm³/mol. The Hall–Kier alpha value is -3.41. The van der Waals surface area contributed by atoms with Crippen LogP contribution in [0.15, 0.2) is 48.5 Å². The van der Waals surface area contributed by atoms with Crippen LogP contribution in [0.1, 0.15) is 43.5 Å². The first-order valence-corrected chi connectivity index (χ1v) is 9.68. The number of hydrogen-bond acceptors (Lipinski definition) is 5. The quantitative estimate of drug-likeness (QED) is 0.507. The molecule has 1 heterocycles. The first kappa shape index (κ1) is 20.3. The largest absolute Gasteiger partial charge is 0.340 e. The number of anilines is 5. The van der Waals surface area contributed by atoms with Gasteiger partial charge in [0.1, 0.15) is 5.82 Å². The summed E-state index contributed by atoms with van der Waals surface area (Å²) in [5.74, 6) is 1.51. The van der Waals surface area contributed by atoms with E-state index in [9.17, 15) is 4.79 Å². The summed E-state index contributed by atoms with van der Waals surface area (Å²) in [5.41, 5.74) is 5.87. The number of nitrogens with zero attached hydrogens (tertiary/aromatic N) is 2. The van der Waals surface area contributed by atoms with E-state index >= 15 is 0 Å². The van der Waals surface area contributed by atoms with Gasteiger partial charge in [0, 0.05) is 35.7 Å². The van der Waals surface area contributed by atoms with Gasteiger partial charge in [0.2, 0.25) is 11.9 Å². The van der Waals surface area contributed by atoms with Gasteiger partial charge < -0.3 is 16.0 Å². The molecule has 0 aliphatic heterocycles. The van der Waals surface area contributed by atoms with Gasteiger partial charge in [0.15, 0.2) is 0 Å². The first-order valence-electron chi connectivity index (χ1n) is 9.68. The number of carbonyl (C=O) groups excluding carboxylic acids is 1. The van der Waals surface area contributed by atoms with E-state index in [0.29, 0.717) is 11.9 Å². The van der Waals surface area contributed by atoms with Gasteiger partial charge in [-0.3, -0.25) is 4.79 Å². The van der Waals surface area contributed by atoms with Crippen molar-refractivity contribution in [3.8, 4) is 0 Å². The second kappa shape index (κ2) is 8.73. The van der Waals surface area contributed by atoms with Crippen molar-refractivity contribution in [1.29, 1.82) is 0 Å². The highest BCUT2D eigenvalue weighted by Gasteiger charge is 2.11. The molecule has 3 aromatic rings. The van der Waals surface area contributed by atoms with E-state index in [4.69, 9.17) is 0 Å². The summed E-state index contributed by atoms with van der Waals surface area (Å²) in [7, 11) is 0. The van der Waals surface area contributed by atoms with E-state index < -0.39 is 0 Å². The van der Waals surface area contributed by atoms with Crippen LogP contribution in [0.25, 0.3) is 0 Å². The molecule has 0 unspecified atom stereocenters. The number of carbonyl (C=O) groups is 1. The van der Waals surface area contributed by atoms with Gasteiger partial charge in [0.25, 0.3) is 0 Å². The van der Waals surface area contributed by atoms with E-state index in [-0.39, 0.29) is 5.91 Å². The molecule has 150 valence electrons. The van der Waals surface area contributed by atoms with Crippen LogP contribution < -0.4 is 16.0 Å². The maximum absolute atomic E-state index is 11.3. The number of aryl methyl sites for hydroxylation is 2. The highest BCUT2D eigenvalue weighted by atomic mass is 16.1. The van der Waals surface area contributed by atoms with Crippen LogP contribution in [0.2, 0.25) is 0 Å². The molecular weight excluding hydrogens is 362 g/mol. The molecule has 0 atom stereocenters. The lowest BCUT2D eigenvalue weighted by Gasteiger charge is -2.17. The summed E-state index contributed by atoms with van der Waals surface area (Å²) in [6.07, 6.45) is 0. The van der Waals surface area contributed by atoms with E-state index in [0.717, 1.165) is 28.6 Å². The molecule has 0 fully saturated rings. The SMILES string of the molecule is CC(=O)Nc1cccc(Nc2nc(C)cc(Nc3c(C)cccc3C(C)C)n2)c1. The average Bonchev–Trinajstić information content (AvgIpc) is 2.62. The Labute approximate surface area is 171 Å². The Kier molecular flexibility index (Phi) is 6.12. The molecule has 0 saturated carbocycles. The van der Waals surface area contributed by atoms with Gasteiger partial charge >= 0.3 is 0 Å². The molecule has 6 nitrogen and oxygen atoms in total. The number of nitrogens with one attached hydrogen (secondary N) is 3. The van der Waals surface area contributed by atoms with Crippen molar-refractivity contribution >= 4 is 34.7 Å². The van der Waals surface area contributed by atoms with Crippen LogP contribution in [0.5, 0.6) is 0 Å². The van der Waals surface area contributed by atoms with E-state index in [1.807, 2.05) is 37.3 Å². The molecule has 1 aromatic heterocycles. The Morgan fingerprint density at radius 2 is 1.66 bits per heavy atom. The molecule has 6 heteroatoms. The van der Waals surface area contributed by atoms with Crippen molar-refractivity contribution in [3.05, 3.63) is 65.4 Å². The minimum Gasteiger partial charge on any atom is -0.340 e. The van der Waals surface area contributed by atoms with Crippen molar-refractivity contribution in [1.82, 2.24) is 9.97 Å². The zero-order chi connectivity index (χ0) is 21.0. The molecule has 0 aliphatic rings. The number of benzene rings is 2. The first-order chi connectivity index (χ1) is 13.8. The summed E-state index contributed by atoms with van der Waals surface area (Å²) in [6, 6.07) is 15.7. The normalized spacial score (nSPS) is 10.7. The van der Waals surface area contributed by atoms with Crippen LogP contribution >= 0.6 is 0 Å². The Bertz CT molecular complexity index is 1030. The highest BCUT2D eigenvalue weighted by Crippen LogP contribution is 2.30. The van der Waals surface area contributed by atoms with Gasteiger partial charge in [0.05, 0.1) is 0 Å². The van der Waals surface area contributed by atoms with Crippen LogP contribution in [0.3, 0.4) is 0 Å². The predicted octanol–water partition coefficient (Wildman–Crippen LogP) is 5.66. The third-order valence-corrected chi connectivity index (χ3v) is 4.47. The standard InChI is InChI=1S/C23H27N5O/c1-14(2)20-11-6-8-15(3)22(20)27-21-12-16(4)24-23(28-21)26-19-10-7-9-18(13-19)25-17(5)29/h6-14H,1-5H3,(H,25,29)(H2,24,26,27,28). The van der Waals surface area contributed by atoms with Crippen LogP contribution in [0, 0.1) is 13.8 Å². The third-order valence-electron chi connectivity index (χ3n) is 4.47. The van der Waals surface area contributed by atoms with Gasteiger partial charge in [-0.2, -0.15) is 4.98 Å². The maximum Gasteiger partial charge on any atom is 0.229 e. The molecule has 1 amide bonds. The lowest BCUT2D eigenvalue weighted by Crippen LogP contribution is -2.07. The third kappa shape index (κ3) is 5.31. The zero-order valence-electron chi connectivity index (χ0n) is 17.5. The molecule has 3 rings (SSSR count). The molecular formula is C23H27N5O. The van der Waals surface area contributed by atoms with Gasteiger partial charge in [-0.15, -0.1) is 0 Å². The molecule has 0 radical (unpaired) electrons. The molecule has 3 N–H and O–H groups in total.